The van der Waals surface area contributed by atoms with Gasteiger partial charge in [0.15, 0.2) is 0 Å². The van der Waals surface area contributed by atoms with Crippen LogP contribution in [0.1, 0.15) is 50.3 Å². The van der Waals surface area contributed by atoms with Gasteiger partial charge in [0.2, 0.25) is 0 Å². The number of anilines is 1. The van der Waals surface area contributed by atoms with Gasteiger partial charge in [0, 0.05) is 17.3 Å². The van der Waals surface area contributed by atoms with Crippen LogP contribution in [-0.4, -0.2) is 30.5 Å². The minimum atomic E-state index is -4.64. The van der Waals surface area contributed by atoms with Gasteiger partial charge in [-0.1, -0.05) is 18.2 Å². The van der Waals surface area contributed by atoms with Crippen LogP contribution in [0.25, 0.3) is 0 Å². The van der Waals surface area contributed by atoms with Crippen LogP contribution in [-0.2, 0) is 25.2 Å². The Morgan fingerprint density at radius 2 is 1.81 bits per heavy atom. The van der Waals surface area contributed by atoms with E-state index in [1.54, 1.807) is 32.9 Å². The van der Waals surface area contributed by atoms with E-state index in [0.29, 0.717) is 11.1 Å². The number of hydrogen-bond acceptors (Lipinski definition) is 6. The number of nitrogens with zero attached hydrogens (tertiary/aromatic N) is 2. The van der Waals surface area contributed by atoms with E-state index < -0.39 is 41.6 Å². The smallest absolute Gasteiger partial charge is 0.416 e. The lowest BCUT2D eigenvalue weighted by Gasteiger charge is -2.41. The Bertz CT molecular complexity index is 1280. The van der Waals surface area contributed by atoms with E-state index in [1.165, 1.54) is 31.2 Å². The zero-order valence-electron chi connectivity index (χ0n) is 20.7. The Morgan fingerprint density at radius 3 is 2.35 bits per heavy atom. The molecule has 1 N–H and O–H groups in total. The molecule has 1 aliphatic heterocycles. The van der Waals surface area contributed by atoms with Crippen molar-refractivity contribution in [1.82, 2.24) is 0 Å². The number of nitriles is 1. The van der Waals surface area contributed by atoms with E-state index in [2.05, 4.69) is 0 Å². The molecule has 0 saturated heterocycles. The van der Waals surface area contributed by atoms with E-state index in [1.807, 2.05) is 6.07 Å². The second kappa shape index (κ2) is 10.9. The normalized spacial score (nSPS) is 18.0. The van der Waals surface area contributed by atoms with Gasteiger partial charge in [0.05, 0.1) is 35.5 Å². The summed E-state index contributed by atoms with van der Waals surface area (Å²) < 4.78 is 51.1. The maximum Gasteiger partial charge on any atom is 0.416 e. The average molecular weight is 514 g/mol. The van der Waals surface area contributed by atoms with Crippen molar-refractivity contribution in [2.24, 2.45) is 5.92 Å². The molecule has 1 aliphatic rings. The summed E-state index contributed by atoms with van der Waals surface area (Å²) in [5, 5.41) is 18.2. The third-order valence-electron chi connectivity index (χ3n) is 5.84. The summed E-state index contributed by atoms with van der Waals surface area (Å²) in [6.45, 7) is 6.35. The van der Waals surface area contributed by atoms with Gasteiger partial charge >= 0.3 is 18.1 Å². The van der Waals surface area contributed by atoms with Gasteiger partial charge in [0.25, 0.3) is 0 Å². The fraction of sp³-hybridized carbons (Fsp3) is 0.333. The first-order valence-corrected chi connectivity index (χ1v) is 11.5. The number of carbonyl (C=O) groups is 2. The van der Waals surface area contributed by atoms with Crippen molar-refractivity contribution in [2.75, 3.05) is 11.5 Å². The van der Waals surface area contributed by atoms with Crippen molar-refractivity contribution in [2.45, 2.75) is 45.9 Å². The number of ether oxygens (including phenoxy) is 2. The largest absolute Gasteiger partial charge is 0.463 e. The molecule has 0 saturated carbocycles. The molecule has 0 spiro atoms. The third kappa shape index (κ3) is 5.66. The molecule has 2 aromatic rings. The quantitative estimate of drug-likeness (QED) is 0.507. The van der Waals surface area contributed by atoms with Gasteiger partial charge in [-0.15, -0.1) is 0 Å². The Morgan fingerprint density at radius 1 is 1.16 bits per heavy atom. The number of hydrogen-bond donors (Lipinski definition) is 1. The third-order valence-corrected chi connectivity index (χ3v) is 5.84. The standard InChI is InChI=1S/C27H26F3N3O4/c1-5-36-25(34)21-16(4)33(20-8-6-7-19(13-20)27(28,29)30)24(32)23(26(35)37-15(2)3)22(21)18-11-9-17(14-31)10-12-18/h6-13,15,22-23,32H,5H2,1-4H3. The van der Waals surface area contributed by atoms with Gasteiger partial charge in [-0.2, -0.15) is 18.4 Å². The molecule has 0 fully saturated rings. The van der Waals surface area contributed by atoms with Crippen LogP contribution in [0.2, 0.25) is 0 Å². The van der Waals surface area contributed by atoms with Gasteiger partial charge in [0.1, 0.15) is 11.8 Å². The first kappa shape index (κ1) is 27.5. The lowest BCUT2D eigenvalue weighted by atomic mass is 9.75. The Kier molecular flexibility index (Phi) is 8.06. The van der Waals surface area contributed by atoms with Crippen molar-refractivity contribution in [3.05, 3.63) is 76.5 Å². The van der Waals surface area contributed by atoms with Gasteiger partial charge in [-0.25, -0.2) is 4.79 Å². The maximum absolute atomic E-state index is 13.5. The van der Waals surface area contributed by atoms with Crippen LogP contribution < -0.4 is 4.90 Å². The average Bonchev–Trinajstić information content (AvgIpc) is 2.83. The number of esters is 2. The van der Waals surface area contributed by atoms with Crippen LogP contribution in [0, 0.1) is 22.7 Å². The number of nitrogens with one attached hydrogen (secondary N) is 1. The molecule has 1 heterocycles. The highest BCUT2D eigenvalue weighted by Crippen LogP contribution is 2.44. The number of amidine groups is 1. The molecule has 2 atom stereocenters. The molecule has 2 unspecified atom stereocenters. The second-order valence-corrected chi connectivity index (χ2v) is 8.66. The molecular weight excluding hydrogens is 487 g/mol. The van der Waals surface area contributed by atoms with Crippen LogP contribution in [0.4, 0.5) is 18.9 Å². The highest BCUT2D eigenvalue weighted by atomic mass is 19.4. The van der Waals surface area contributed by atoms with Crippen LogP contribution >= 0.6 is 0 Å². The van der Waals surface area contributed by atoms with E-state index in [-0.39, 0.29) is 29.4 Å². The molecule has 10 heteroatoms. The van der Waals surface area contributed by atoms with Gasteiger partial charge in [-0.3, -0.25) is 10.2 Å². The SMILES string of the molecule is CCOC(=O)C1=C(C)N(c2cccc(C(F)(F)F)c2)C(=N)C(C(=O)OC(C)C)C1c1ccc(C#N)cc1. The second-order valence-electron chi connectivity index (χ2n) is 8.66. The summed E-state index contributed by atoms with van der Waals surface area (Å²) in [5.74, 6) is -4.37. The molecule has 0 aliphatic carbocycles. The number of rotatable bonds is 6. The van der Waals surface area contributed by atoms with Crippen molar-refractivity contribution >= 4 is 23.5 Å². The maximum atomic E-state index is 13.5. The lowest BCUT2D eigenvalue weighted by molar-refractivity contribution is -0.150. The highest BCUT2D eigenvalue weighted by molar-refractivity contribution is 6.14. The monoisotopic (exact) mass is 513 g/mol. The minimum absolute atomic E-state index is 0.00526. The number of alkyl halides is 3. The predicted octanol–water partition coefficient (Wildman–Crippen LogP) is 5.56. The van der Waals surface area contributed by atoms with Crippen molar-refractivity contribution < 1.29 is 32.2 Å². The number of halogens is 3. The Balaban J connectivity index is 2.31. The summed E-state index contributed by atoms with van der Waals surface area (Å²) in [6.07, 6.45) is -5.20. The first-order valence-electron chi connectivity index (χ1n) is 11.5. The van der Waals surface area contributed by atoms with Crippen molar-refractivity contribution in [1.29, 1.82) is 10.7 Å². The Labute approximate surface area is 212 Å². The fourth-order valence-electron chi connectivity index (χ4n) is 4.30. The van der Waals surface area contributed by atoms with E-state index >= 15 is 0 Å². The molecule has 0 radical (unpaired) electrons. The molecule has 0 aromatic heterocycles. The van der Waals surface area contributed by atoms with Gasteiger partial charge < -0.3 is 14.4 Å². The van der Waals surface area contributed by atoms with Crippen molar-refractivity contribution in [3.63, 3.8) is 0 Å². The molecule has 2 aromatic carbocycles. The highest BCUT2D eigenvalue weighted by Gasteiger charge is 2.48. The first-order chi connectivity index (χ1) is 17.4. The molecule has 37 heavy (non-hydrogen) atoms. The Hall–Kier alpha value is -4.13. The van der Waals surface area contributed by atoms with Crippen LogP contribution in [0.5, 0.6) is 0 Å². The van der Waals surface area contributed by atoms with Crippen molar-refractivity contribution in [3.8, 4) is 6.07 Å². The minimum Gasteiger partial charge on any atom is -0.463 e. The topological polar surface area (TPSA) is 103 Å². The molecule has 0 amide bonds. The lowest BCUT2D eigenvalue weighted by Crippen LogP contribution is -2.48. The summed E-state index contributed by atoms with van der Waals surface area (Å²) in [4.78, 5) is 27.8. The zero-order chi connectivity index (χ0) is 27.5. The zero-order valence-corrected chi connectivity index (χ0v) is 20.7. The molecular formula is C27H26F3N3O4. The molecule has 7 nitrogen and oxygen atoms in total. The van der Waals surface area contributed by atoms with E-state index in [9.17, 15) is 28.0 Å². The molecule has 194 valence electrons. The van der Waals surface area contributed by atoms with E-state index in [0.717, 1.165) is 17.0 Å². The fourth-order valence-corrected chi connectivity index (χ4v) is 4.30. The number of allylic oxidation sites excluding steroid dienone is 1. The van der Waals surface area contributed by atoms with Crippen LogP contribution in [0.3, 0.4) is 0 Å². The number of benzene rings is 2. The summed E-state index contributed by atoms with van der Waals surface area (Å²) in [7, 11) is 0. The summed E-state index contributed by atoms with van der Waals surface area (Å²) in [5.41, 5.74) is -0.0459. The summed E-state index contributed by atoms with van der Waals surface area (Å²) >= 11 is 0. The number of carbonyl (C=O) groups excluding carboxylic acids is 2. The van der Waals surface area contributed by atoms with E-state index in [4.69, 9.17) is 14.9 Å². The predicted molar refractivity (Wildman–Crippen MR) is 130 cm³/mol. The van der Waals surface area contributed by atoms with Gasteiger partial charge in [-0.05, 0) is 63.6 Å². The summed E-state index contributed by atoms with van der Waals surface area (Å²) in [6, 6.07) is 12.5. The van der Waals surface area contributed by atoms with Crippen LogP contribution in [0.15, 0.2) is 59.8 Å². The molecule has 3 rings (SSSR count). The molecule has 0 bridgehead atoms.